The van der Waals surface area contributed by atoms with Crippen LogP contribution in [0.4, 0.5) is 26.3 Å². The molecule has 2 aliphatic heterocycles. The zero-order valence-corrected chi connectivity index (χ0v) is 20.9. The summed E-state index contributed by atoms with van der Waals surface area (Å²) in [4.78, 5) is 26.9. The first-order chi connectivity index (χ1) is 18.9. The van der Waals surface area contributed by atoms with E-state index in [0.29, 0.717) is 18.6 Å². The third kappa shape index (κ3) is 5.35. The molecule has 40 heavy (non-hydrogen) atoms. The van der Waals surface area contributed by atoms with Gasteiger partial charge in [-0.1, -0.05) is 36.4 Å². The van der Waals surface area contributed by atoms with Crippen LogP contribution in [0, 0.1) is 0 Å². The molecule has 3 aromatic rings. The second kappa shape index (κ2) is 10.4. The Balaban J connectivity index is 1.39. The van der Waals surface area contributed by atoms with E-state index in [1.165, 1.54) is 0 Å². The van der Waals surface area contributed by atoms with Crippen LogP contribution in [0.15, 0.2) is 66.7 Å². The number of alkyl halides is 6. The van der Waals surface area contributed by atoms with Gasteiger partial charge < -0.3 is 9.47 Å². The number of carbonyl (C=O) groups is 2. The Morgan fingerprint density at radius 3 is 2.00 bits per heavy atom. The lowest BCUT2D eigenvalue weighted by Gasteiger charge is -2.39. The van der Waals surface area contributed by atoms with Gasteiger partial charge in [-0.15, -0.1) is 0 Å². The third-order valence-electron chi connectivity index (χ3n) is 7.13. The highest BCUT2D eigenvalue weighted by Crippen LogP contribution is 2.39. The molecule has 2 aliphatic rings. The number of ether oxygens (including phenoxy) is 2. The average Bonchev–Trinajstić information content (AvgIpc) is 3.16. The molecule has 0 aromatic heterocycles. The van der Waals surface area contributed by atoms with Crippen molar-refractivity contribution in [2.45, 2.75) is 37.4 Å². The van der Waals surface area contributed by atoms with Crippen molar-refractivity contribution in [1.29, 1.82) is 0 Å². The van der Waals surface area contributed by atoms with E-state index in [9.17, 15) is 35.9 Å². The van der Waals surface area contributed by atoms with E-state index in [0.717, 1.165) is 16.0 Å². The maximum Gasteiger partial charge on any atom is 0.416 e. The van der Waals surface area contributed by atoms with E-state index < -0.39 is 47.5 Å². The Kier molecular flexibility index (Phi) is 7.22. The van der Waals surface area contributed by atoms with Gasteiger partial charge in [-0.25, -0.2) is 0 Å². The molecule has 0 N–H and O–H groups in total. The van der Waals surface area contributed by atoms with E-state index in [4.69, 9.17) is 9.47 Å². The van der Waals surface area contributed by atoms with E-state index in [2.05, 4.69) is 0 Å². The van der Waals surface area contributed by atoms with Gasteiger partial charge in [0.25, 0.3) is 11.8 Å². The fourth-order valence-electron chi connectivity index (χ4n) is 5.19. The summed E-state index contributed by atoms with van der Waals surface area (Å²) < 4.78 is 91.7. The second-order valence-corrected chi connectivity index (χ2v) is 9.71. The number of hydrogen-bond donors (Lipinski definition) is 0. The molecular weight excluding hydrogens is 540 g/mol. The van der Waals surface area contributed by atoms with Gasteiger partial charge in [0, 0.05) is 13.0 Å². The number of amides is 2. The van der Waals surface area contributed by atoms with Gasteiger partial charge in [0.15, 0.2) is 0 Å². The van der Waals surface area contributed by atoms with Crippen LogP contribution in [0.3, 0.4) is 0 Å². The highest BCUT2D eigenvalue weighted by molar-refractivity contribution is 6.21. The molecule has 0 aliphatic carbocycles. The van der Waals surface area contributed by atoms with Crippen molar-refractivity contribution in [3.8, 4) is 0 Å². The van der Waals surface area contributed by atoms with Crippen LogP contribution in [0.5, 0.6) is 0 Å². The van der Waals surface area contributed by atoms with Crippen molar-refractivity contribution in [2.75, 3.05) is 19.8 Å². The lowest BCUT2D eigenvalue weighted by atomic mass is 9.84. The van der Waals surface area contributed by atoms with Crippen LogP contribution in [0.2, 0.25) is 0 Å². The minimum Gasteiger partial charge on any atom is -0.373 e. The van der Waals surface area contributed by atoms with Crippen molar-refractivity contribution in [3.63, 3.8) is 0 Å². The number of carbonyl (C=O) groups excluding carboxylic acids is 2. The van der Waals surface area contributed by atoms with Crippen molar-refractivity contribution in [1.82, 2.24) is 4.90 Å². The lowest BCUT2D eigenvalue weighted by molar-refractivity contribution is -0.143. The molecule has 5 nitrogen and oxygen atoms in total. The Labute approximate surface area is 225 Å². The molecular formula is C29H23F6NO4. The predicted molar refractivity (Wildman–Crippen MR) is 130 cm³/mol. The SMILES string of the molecule is O=C1c2ccccc2C(=O)N1CCC1(COCc2cc(C(F)(F)F)cc(C(F)(F)F)c2)OCCc2ccccc21. The Hall–Kier alpha value is -3.70. The van der Waals surface area contributed by atoms with Gasteiger partial charge in [-0.05, 0) is 53.4 Å². The molecule has 0 spiro atoms. The minimum absolute atomic E-state index is 0.0359. The maximum absolute atomic E-state index is 13.3. The fourth-order valence-corrected chi connectivity index (χ4v) is 5.19. The summed E-state index contributed by atoms with van der Waals surface area (Å²) in [5, 5.41) is 0. The number of hydrogen-bond acceptors (Lipinski definition) is 4. The first kappa shape index (κ1) is 27.9. The largest absolute Gasteiger partial charge is 0.416 e. The molecule has 0 saturated carbocycles. The molecule has 0 radical (unpaired) electrons. The molecule has 1 unspecified atom stereocenters. The smallest absolute Gasteiger partial charge is 0.373 e. The molecule has 0 saturated heterocycles. The Bertz CT molecular complexity index is 1380. The number of fused-ring (bicyclic) bond motifs is 2. The zero-order valence-electron chi connectivity index (χ0n) is 20.9. The van der Waals surface area contributed by atoms with Gasteiger partial charge in [0.2, 0.25) is 0 Å². The van der Waals surface area contributed by atoms with Crippen LogP contribution in [-0.2, 0) is 40.5 Å². The maximum atomic E-state index is 13.3. The number of rotatable bonds is 7. The number of benzene rings is 3. The van der Waals surface area contributed by atoms with E-state index in [1.54, 1.807) is 36.4 Å². The molecule has 2 heterocycles. The summed E-state index contributed by atoms with van der Waals surface area (Å²) in [6.07, 6.45) is -9.27. The first-order valence-corrected chi connectivity index (χ1v) is 12.4. The summed E-state index contributed by atoms with van der Waals surface area (Å²) in [5.74, 6) is -0.909. The normalized spacial score (nSPS) is 19.1. The van der Waals surface area contributed by atoms with Crippen molar-refractivity contribution in [3.05, 3.63) is 106 Å². The van der Waals surface area contributed by atoms with Crippen molar-refractivity contribution < 1.29 is 45.4 Å². The van der Waals surface area contributed by atoms with Gasteiger partial charge in [-0.2, -0.15) is 26.3 Å². The van der Waals surface area contributed by atoms with Gasteiger partial charge in [0.05, 0.1) is 42.1 Å². The van der Waals surface area contributed by atoms with Crippen LogP contribution in [0.25, 0.3) is 0 Å². The highest BCUT2D eigenvalue weighted by atomic mass is 19.4. The summed E-state index contributed by atoms with van der Waals surface area (Å²) in [6, 6.07) is 15.0. The predicted octanol–water partition coefficient (Wildman–Crippen LogP) is 6.40. The van der Waals surface area contributed by atoms with Crippen LogP contribution in [0.1, 0.15) is 55.0 Å². The molecule has 3 aromatic carbocycles. The lowest BCUT2D eigenvalue weighted by Crippen LogP contribution is -2.44. The molecule has 0 fully saturated rings. The van der Waals surface area contributed by atoms with Gasteiger partial charge >= 0.3 is 12.4 Å². The van der Waals surface area contributed by atoms with E-state index >= 15 is 0 Å². The van der Waals surface area contributed by atoms with Gasteiger partial charge in [-0.3, -0.25) is 14.5 Å². The first-order valence-electron chi connectivity index (χ1n) is 12.4. The Morgan fingerprint density at radius 1 is 0.825 bits per heavy atom. The van der Waals surface area contributed by atoms with Crippen LogP contribution in [-0.4, -0.2) is 36.5 Å². The Morgan fingerprint density at radius 2 is 1.40 bits per heavy atom. The molecule has 11 heteroatoms. The third-order valence-corrected chi connectivity index (χ3v) is 7.13. The summed E-state index contributed by atoms with van der Waals surface area (Å²) in [5.41, 5.74) is -2.14. The number of imide groups is 1. The molecule has 5 rings (SSSR count). The van der Waals surface area contributed by atoms with Crippen LogP contribution < -0.4 is 0 Å². The van der Waals surface area contributed by atoms with E-state index in [-0.39, 0.29) is 48.9 Å². The minimum atomic E-state index is -4.98. The monoisotopic (exact) mass is 563 g/mol. The van der Waals surface area contributed by atoms with Gasteiger partial charge in [0.1, 0.15) is 5.60 Å². The number of halogens is 6. The van der Waals surface area contributed by atoms with Crippen molar-refractivity contribution in [2.24, 2.45) is 0 Å². The number of nitrogens with zero attached hydrogens (tertiary/aromatic N) is 1. The second-order valence-electron chi connectivity index (χ2n) is 9.71. The zero-order chi connectivity index (χ0) is 28.7. The van der Waals surface area contributed by atoms with E-state index in [1.807, 2.05) is 12.1 Å². The van der Waals surface area contributed by atoms with Crippen molar-refractivity contribution >= 4 is 11.8 Å². The fraction of sp³-hybridized carbons (Fsp3) is 0.310. The summed E-state index contributed by atoms with van der Waals surface area (Å²) in [7, 11) is 0. The summed E-state index contributed by atoms with van der Waals surface area (Å²) >= 11 is 0. The van der Waals surface area contributed by atoms with Crippen LogP contribution >= 0.6 is 0 Å². The molecule has 2 amide bonds. The quantitative estimate of drug-likeness (QED) is 0.247. The summed E-state index contributed by atoms with van der Waals surface area (Å²) in [6.45, 7) is -0.547. The molecule has 1 atom stereocenters. The topological polar surface area (TPSA) is 55.8 Å². The molecule has 0 bridgehead atoms. The average molecular weight is 563 g/mol. The molecule has 210 valence electrons. The highest BCUT2D eigenvalue weighted by Gasteiger charge is 2.42. The standard InChI is InChI=1S/C29H23F6NO4/c30-28(31,32)20-13-18(14-21(15-20)29(33,34)35)16-39-17-27(24-8-4-1-5-19(24)9-12-40-27)10-11-36-25(37)22-6-2-3-7-23(22)26(36)38/h1-8,13-15H,9-12,16-17H2.